The van der Waals surface area contributed by atoms with E-state index in [1.165, 1.54) is 11.0 Å². The van der Waals surface area contributed by atoms with Crippen molar-refractivity contribution in [2.45, 2.75) is 45.3 Å². The second-order valence-corrected chi connectivity index (χ2v) is 6.92. The van der Waals surface area contributed by atoms with Crippen LogP contribution < -0.4 is 5.32 Å². The van der Waals surface area contributed by atoms with E-state index in [0.717, 1.165) is 17.7 Å². The van der Waals surface area contributed by atoms with Crippen LogP contribution in [0.1, 0.15) is 38.1 Å². The highest BCUT2D eigenvalue weighted by molar-refractivity contribution is 6.07. The zero-order chi connectivity index (χ0) is 20.4. The average Bonchev–Trinajstić information content (AvgIpc) is 3.45. The fourth-order valence-electron chi connectivity index (χ4n) is 3.23. The zero-order valence-electron chi connectivity index (χ0n) is 16.1. The summed E-state index contributed by atoms with van der Waals surface area (Å²) in [6.45, 7) is 4.37. The van der Waals surface area contributed by atoms with Gasteiger partial charge >= 0.3 is 6.03 Å². The molecule has 3 aromatic rings. The lowest BCUT2D eigenvalue weighted by Crippen LogP contribution is -2.41. The maximum atomic E-state index is 13.2. The van der Waals surface area contributed by atoms with Crippen molar-refractivity contribution >= 4 is 11.9 Å². The summed E-state index contributed by atoms with van der Waals surface area (Å²) in [6, 6.07) is 6.65. The van der Waals surface area contributed by atoms with Crippen LogP contribution >= 0.6 is 0 Å². The summed E-state index contributed by atoms with van der Waals surface area (Å²) in [4.78, 5) is 27.0. The molecule has 12 nitrogen and oxygen atoms in total. The van der Waals surface area contributed by atoms with E-state index in [1.54, 1.807) is 29.8 Å². The van der Waals surface area contributed by atoms with Gasteiger partial charge in [-0.3, -0.25) is 9.69 Å². The van der Waals surface area contributed by atoms with Crippen LogP contribution in [0.5, 0.6) is 0 Å². The molecule has 1 fully saturated rings. The molecule has 0 radical (unpaired) electrons. The first-order valence-corrected chi connectivity index (χ1v) is 9.26. The molecule has 150 valence electrons. The first-order valence-electron chi connectivity index (χ1n) is 9.26. The lowest BCUT2D eigenvalue weighted by Gasteiger charge is -2.22. The van der Waals surface area contributed by atoms with Crippen LogP contribution in [0.2, 0.25) is 0 Å². The van der Waals surface area contributed by atoms with Gasteiger partial charge in [0.25, 0.3) is 5.91 Å². The molecule has 1 aliphatic heterocycles. The van der Waals surface area contributed by atoms with Gasteiger partial charge < -0.3 is 5.32 Å². The maximum absolute atomic E-state index is 13.2. The number of unbranched alkanes of at least 4 members (excludes halogenated alkanes) is 1. The number of rotatable bonds is 7. The largest absolute Gasteiger partial charge is 0.325 e. The standard InChI is InChI=1S/C17H20N10O2/c1-3-4-8-26-14(20-22-24-26)10-25-15(28)17(2,19-16(25)29)12-6-5-7-13(9-12)27-11-18-21-23-27/h5-7,9,11H,3-4,8,10H2,1-2H3,(H,19,29)/t17-/m1/s1. The first-order chi connectivity index (χ1) is 14.0. The summed E-state index contributed by atoms with van der Waals surface area (Å²) in [5.74, 6) is 0.0926. The molecule has 1 N–H and O–H groups in total. The predicted octanol–water partition coefficient (Wildman–Crippen LogP) is 0.416. The van der Waals surface area contributed by atoms with Gasteiger partial charge in [0.1, 0.15) is 11.9 Å². The number of hydrogen-bond acceptors (Lipinski definition) is 8. The molecule has 3 heterocycles. The Morgan fingerprint density at radius 2 is 2.03 bits per heavy atom. The number of benzene rings is 1. The fraction of sp³-hybridized carbons (Fsp3) is 0.412. The van der Waals surface area contributed by atoms with E-state index in [0.29, 0.717) is 23.6 Å². The highest BCUT2D eigenvalue weighted by atomic mass is 16.2. The summed E-state index contributed by atoms with van der Waals surface area (Å²) < 4.78 is 3.10. The molecule has 1 aliphatic rings. The second kappa shape index (κ2) is 7.37. The molecule has 1 aromatic carbocycles. The molecule has 0 spiro atoms. The van der Waals surface area contributed by atoms with E-state index >= 15 is 0 Å². The van der Waals surface area contributed by atoms with Gasteiger partial charge in [-0.25, -0.2) is 14.2 Å². The Morgan fingerprint density at radius 1 is 1.17 bits per heavy atom. The third kappa shape index (κ3) is 3.32. The molecule has 2 aromatic heterocycles. The molecule has 1 atom stereocenters. The Kier molecular flexibility index (Phi) is 4.74. The molecule has 4 rings (SSSR count). The third-order valence-electron chi connectivity index (χ3n) is 4.94. The minimum absolute atomic E-state index is 0.00363. The Morgan fingerprint density at radius 3 is 2.79 bits per heavy atom. The van der Waals surface area contributed by atoms with Gasteiger partial charge in [0.05, 0.1) is 12.2 Å². The number of aryl methyl sites for hydroxylation is 1. The zero-order valence-corrected chi connectivity index (χ0v) is 16.1. The highest BCUT2D eigenvalue weighted by Gasteiger charge is 2.49. The van der Waals surface area contributed by atoms with Gasteiger partial charge in [-0.2, -0.15) is 0 Å². The van der Waals surface area contributed by atoms with E-state index in [9.17, 15) is 9.59 Å². The number of carbonyl (C=O) groups is 2. The normalized spacial score (nSPS) is 19.0. The lowest BCUT2D eigenvalue weighted by atomic mass is 9.91. The average molecular weight is 396 g/mol. The van der Waals surface area contributed by atoms with E-state index in [2.05, 4.69) is 43.3 Å². The van der Waals surface area contributed by atoms with Crippen molar-refractivity contribution in [1.82, 2.24) is 50.6 Å². The van der Waals surface area contributed by atoms with Crippen LogP contribution in [0.15, 0.2) is 30.6 Å². The molecule has 29 heavy (non-hydrogen) atoms. The molecule has 0 saturated carbocycles. The smallest absolute Gasteiger partial charge is 0.319 e. The van der Waals surface area contributed by atoms with Crippen molar-refractivity contribution in [3.63, 3.8) is 0 Å². The van der Waals surface area contributed by atoms with Crippen LogP contribution in [0.4, 0.5) is 4.79 Å². The number of urea groups is 1. The Hall–Kier alpha value is -3.70. The third-order valence-corrected chi connectivity index (χ3v) is 4.94. The Balaban J connectivity index is 1.59. The van der Waals surface area contributed by atoms with Crippen molar-refractivity contribution in [2.24, 2.45) is 0 Å². The first kappa shape index (κ1) is 18.7. The minimum atomic E-state index is -1.22. The van der Waals surface area contributed by atoms with Crippen molar-refractivity contribution in [2.75, 3.05) is 0 Å². The van der Waals surface area contributed by atoms with Crippen molar-refractivity contribution < 1.29 is 9.59 Å². The maximum Gasteiger partial charge on any atom is 0.325 e. The number of nitrogens with zero attached hydrogens (tertiary/aromatic N) is 9. The summed E-state index contributed by atoms with van der Waals surface area (Å²) >= 11 is 0. The van der Waals surface area contributed by atoms with Crippen LogP contribution in [0.3, 0.4) is 0 Å². The molecule has 3 amide bonds. The second-order valence-electron chi connectivity index (χ2n) is 6.92. The van der Waals surface area contributed by atoms with E-state index in [4.69, 9.17) is 0 Å². The van der Waals surface area contributed by atoms with E-state index in [-0.39, 0.29) is 12.5 Å². The summed E-state index contributed by atoms with van der Waals surface area (Å²) in [6.07, 6.45) is 3.34. The number of carbonyl (C=O) groups excluding carboxylic acids is 2. The van der Waals surface area contributed by atoms with Crippen LogP contribution in [-0.4, -0.2) is 57.3 Å². The van der Waals surface area contributed by atoms with Crippen molar-refractivity contribution in [1.29, 1.82) is 0 Å². The SMILES string of the molecule is CCCCn1nnnc1CN1C(=O)N[C@](C)(c2cccc(-n3cnnn3)c2)C1=O. The van der Waals surface area contributed by atoms with Gasteiger partial charge in [-0.05, 0) is 51.9 Å². The van der Waals surface area contributed by atoms with Crippen LogP contribution in [-0.2, 0) is 23.4 Å². The topological polar surface area (TPSA) is 137 Å². The number of hydrogen-bond donors (Lipinski definition) is 1. The molecule has 0 unspecified atom stereocenters. The predicted molar refractivity (Wildman–Crippen MR) is 98.3 cm³/mol. The summed E-state index contributed by atoms with van der Waals surface area (Å²) in [5, 5.41) is 25.5. The summed E-state index contributed by atoms with van der Waals surface area (Å²) in [5.41, 5.74) is 0.0812. The fourth-order valence-corrected chi connectivity index (χ4v) is 3.23. The van der Waals surface area contributed by atoms with E-state index in [1.807, 2.05) is 6.07 Å². The van der Waals surface area contributed by atoms with E-state index < -0.39 is 11.6 Å². The molecule has 0 aliphatic carbocycles. The van der Waals surface area contributed by atoms with Gasteiger partial charge in [0.15, 0.2) is 5.82 Å². The molecule has 0 bridgehead atoms. The number of aromatic nitrogens is 8. The van der Waals surface area contributed by atoms with Crippen molar-refractivity contribution in [3.05, 3.63) is 42.0 Å². The molecule has 12 heteroatoms. The van der Waals surface area contributed by atoms with Gasteiger partial charge in [0.2, 0.25) is 0 Å². The Labute approximate surface area is 165 Å². The minimum Gasteiger partial charge on any atom is -0.319 e. The molecule has 1 saturated heterocycles. The monoisotopic (exact) mass is 396 g/mol. The summed E-state index contributed by atoms with van der Waals surface area (Å²) in [7, 11) is 0. The van der Waals surface area contributed by atoms with Crippen molar-refractivity contribution in [3.8, 4) is 5.69 Å². The van der Waals surface area contributed by atoms with Gasteiger partial charge in [-0.1, -0.05) is 25.5 Å². The highest BCUT2D eigenvalue weighted by Crippen LogP contribution is 2.30. The number of amides is 3. The number of imide groups is 1. The number of tetrazole rings is 2. The quantitative estimate of drug-likeness (QED) is 0.567. The Bertz CT molecular complexity index is 1030. The molecular formula is C17H20N10O2. The van der Waals surface area contributed by atoms with Crippen LogP contribution in [0, 0.1) is 0 Å². The van der Waals surface area contributed by atoms with Gasteiger partial charge in [0, 0.05) is 6.54 Å². The molecular weight excluding hydrogens is 376 g/mol. The lowest BCUT2D eigenvalue weighted by molar-refractivity contribution is -0.131. The van der Waals surface area contributed by atoms with Gasteiger partial charge in [-0.15, -0.1) is 10.2 Å². The van der Waals surface area contributed by atoms with Crippen LogP contribution in [0.25, 0.3) is 5.69 Å². The number of nitrogens with one attached hydrogen (secondary N) is 1.